The average molecular weight is 498 g/mol. The van der Waals surface area contributed by atoms with Gasteiger partial charge in [-0.25, -0.2) is 14.8 Å². The van der Waals surface area contributed by atoms with E-state index in [2.05, 4.69) is 25.9 Å². The molecule has 2 rings (SSSR count). The number of phenols is 1. The Morgan fingerprint density at radius 2 is 1.67 bits per heavy atom. The van der Waals surface area contributed by atoms with E-state index in [4.69, 9.17) is 4.74 Å². The van der Waals surface area contributed by atoms with Crippen LogP contribution in [0.4, 0.5) is 4.79 Å². The molecule has 0 unspecified atom stereocenters. The predicted octanol–water partition coefficient (Wildman–Crippen LogP) is 2.61. The van der Waals surface area contributed by atoms with Crippen molar-refractivity contribution >= 4 is 17.9 Å². The predicted molar refractivity (Wildman–Crippen MR) is 135 cm³/mol. The number of phenolic OH excluding ortho intramolecular Hbond substituents is 1. The molecule has 0 saturated carbocycles. The zero-order chi connectivity index (χ0) is 26.9. The van der Waals surface area contributed by atoms with Gasteiger partial charge in [0.1, 0.15) is 29.8 Å². The number of amides is 3. The molecular weight excluding hydrogens is 462 g/mol. The molecule has 3 amide bonds. The molecule has 0 aliphatic carbocycles. The number of carbonyl (C=O) groups is 3. The standard InChI is InChI=1S/C26H35N5O5/c1-16-10-20(32)11-17(2)21(16)12-22(31-25(35)36-26(4,5)6)24(34)30-18(3)23(33)29-9-7-8-19-13-27-15-28-14-19/h7,9-11,13-15,18,22,32H,8,12H2,1-6H3,(H,29,33)(H,30,34)(H,31,35)/b9-7+/t18-,22+/m1/s1. The highest BCUT2D eigenvalue weighted by Crippen LogP contribution is 2.22. The van der Waals surface area contributed by atoms with Gasteiger partial charge in [-0.2, -0.15) is 0 Å². The lowest BCUT2D eigenvalue weighted by Crippen LogP contribution is -2.53. The van der Waals surface area contributed by atoms with Crippen LogP contribution in [0.25, 0.3) is 0 Å². The minimum atomic E-state index is -1.01. The van der Waals surface area contributed by atoms with Gasteiger partial charge in [0.25, 0.3) is 0 Å². The van der Waals surface area contributed by atoms with Gasteiger partial charge in [0.15, 0.2) is 0 Å². The number of nitrogens with one attached hydrogen (secondary N) is 3. The van der Waals surface area contributed by atoms with Crippen LogP contribution in [0.3, 0.4) is 0 Å². The molecule has 0 spiro atoms. The van der Waals surface area contributed by atoms with Crippen LogP contribution >= 0.6 is 0 Å². The first-order valence-corrected chi connectivity index (χ1v) is 11.6. The Kier molecular flexibility index (Phi) is 9.95. The number of allylic oxidation sites excluding steroid dienone is 1. The third kappa shape index (κ3) is 9.36. The second-order valence-electron chi connectivity index (χ2n) is 9.55. The van der Waals surface area contributed by atoms with Crippen molar-refractivity contribution in [2.75, 3.05) is 0 Å². The molecule has 1 heterocycles. The molecule has 1 aromatic heterocycles. The van der Waals surface area contributed by atoms with E-state index in [0.29, 0.717) is 6.42 Å². The number of hydrogen-bond donors (Lipinski definition) is 4. The van der Waals surface area contributed by atoms with Crippen LogP contribution < -0.4 is 16.0 Å². The molecule has 10 nitrogen and oxygen atoms in total. The Labute approximate surface area is 211 Å². The SMILES string of the molecule is Cc1cc(O)cc(C)c1C[C@H](NC(=O)OC(C)(C)C)C(=O)N[C@H](C)C(=O)N/C=C/Cc1cncnc1. The molecule has 10 heteroatoms. The lowest BCUT2D eigenvalue weighted by molar-refractivity contribution is -0.129. The van der Waals surface area contributed by atoms with E-state index in [1.54, 1.807) is 58.3 Å². The smallest absolute Gasteiger partial charge is 0.408 e. The maximum absolute atomic E-state index is 13.1. The molecule has 0 fully saturated rings. The van der Waals surface area contributed by atoms with Crippen molar-refractivity contribution in [1.29, 1.82) is 0 Å². The second-order valence-corrected chi connectivity index (χ2v) is 9.55. The number of ether oxygens (including phenoxy) is 1. The summed E-state index contributed by atoms with van der Waals surface area (Å²) in [6.07, 6.45) is 7.97. The van der Waals surface area contributed by atoms with Crippen molar-refractivity contribution in [3.05, 3.63) is 65.4 Å². The summed E-state index contributed by atoms with van der Waals surface area (Å²) in [5.74, 6) is -0.842. The zero-order valence-electron chi connectivity index (χ0n) is 21.6. The Morgan fingerprint density at radius 3 is 2.25 bits per heavy atom. The van der Waals surface area contributed by atoms with Crippen molar-refractivity contribution in [3.8, 4) is 5.75 Å². The first kappa shape index (κ1) is 28.3. The third-order valence-electron chi connectivity index (χ3n) is 5.16. The van der Waals surface area contributed by atoms with Crippen molar-refractivity contribution < 1.29 is 24.2 Å². The van der Waals surface area contributed by atoms with Crippen molar-refractivity contribution in [1.82, 2.24) is 25.9 Å². The molecule has 0 aliphatic heterocycles. The molecule has 1 aromatic carbocycles. The lowest BCUT2D eigenvalue weighted by Gasteiger charge is -2.25. The number of alkyl carbamates (subject to hydrolysis) is 1. The Morgan fingerprint density at radius 1 is 1.06 bits per heavy atom. The molecule has 0 bridgehead atoms. The summed E-state index contributed by atoms with van der Waals surface area (Å²) in [7, 11) is 0. The Bertz CT molecular complexity index is 1070. The highest BCUT2D eigenvalue weighted by Gasteiger charge is 2.28. The highest BCUT2D eigenvalue weighted by molar-refractivity contribution is 5.91. The summed E-state index contributed by atoms with van der Waals surface area (Å²) in [5.41, 5.74) is 2.49. The molecule has 0 aliphatic rings. The fraction of sp³-hybridized carbons (Fsp3) is 0.423. The monoisotopic (exact) mass is 497 g/mol. The number of aromatic nitrogens is 2. The second kappa shape index (κ2) is 12.7. The fourth-order valence-electron chi connectivity index (χ4n) is 3.43. The van der Waals surface area contributed by atoms with E-state index in [1.165, 1.54) is 12.5 Å². The number of aryl methyl sites for hydroxylation is 2. The molecule has 2 aromatic rings. The molecular formula is C26H35N5O5. The number of nitrogens with zero attached hydrogens (tertiary/aromatic N) is 2. The maximum Gasteiger partial charge on any atom is 0.408 e. The van der Waals surface area contributed by atoms with Crippen molar-refractivity contribution in [3.63, 3.8) is 0 Å². The highest BCUT2D eigenvalue weighted by atomic mass is 16.6. The average Bonchev–Trinajstić information content (AvgIpc) is 2.77. The lowest BCUT2D eigenvalue weighted by atomic mass is 9.95. The number of carbonyl (C=O) groups excluding carboxylic acids is 3. The summed E-state index contributed by atoms with van der Waals surface area (Å²) in [4.78, 5) is 45.9. The largest absolute Gasteiger partial charge is 0.508 e. The van der Waals surface area contributed by atoms with Crippen LogP contribution in [0, 0.1) is 13.8 Å². The number of rotatable bonds is 9. The molecule has 36 heavy (non-hydrogen) atoms. The topological polar surface area (TPSA) is 143 Å². The van der Waals surface area contributed by atoms with E-state index >= 15 is 0 Å². The van der Waals surface area contributed by atoms with E-state index in [9.17, 15) is 19.5 Å². The van der Waals surface area contributed by atoms with Crippen LogP contribution in [0.2, 0.25) is 0 Å². The van der Waals surface area contributed by atoms with Gasteiger partial charge < -0.3 is 25.8 Å². The van der Waals surface area contributed by atoms with Gasteiger partial charge in [0.2, 0.25) is 11.8 Å². The van der Waals surface area contributed by atoms with Crippen LogP contribution in [0.5, 0.6) is 5.75 Å². The summed E-state index contributed by atoms with van der Waals surface area (Å²) < 4.78 is 5.32. The quantitative estimate of drug-likeness (QED) is 0.417. The number of hydrogen-bond acceptors (Lipinski definition) is 7. The van der Waals surface area contributed by atoms with Crippen molar-refractivity contribution in [2.45, 2.75) is 72.1 Å². The van der Waals surface area contributed by atoms with Gasteiger partial charge in [-0.05, 0) is 82.3 Å². The first-order valence-electron chi connectivity index (χ1n) is 11.6. The van der Waals surface area contributed by atoms with Crippen molar-refractivity contribution in [2.24, 2.45) is 0 Å². The minimum Gasteiger partial charge on any atom is -0.508 e. The van der Waals surface area contributed by atoms with Gasteiger partial charge in [-0.1, -0.05) is 6.08 Å². The van der Waals surface area contributed by atoms with Gasteiger partial charge in [0.05, 0.1) is 0 Å². The molecule has 4 N–H and O–H groups in total. The van der Waals surface area contributed by atoms with E-state index < -0.39 is 35.6 Å². The summed E-state index contributed by atoms with van der Waals surface area (Å²) >= 11 is 0. The summed E-state index contributed by atoms with van der Waals surface area (Å²) in [6.45, 7) is 10.3. The molecule has 2 atom stereocenters. The van der Waals surface area contributed by atoms with Gasteiger partial charge >= 0.3 is 6.09 Å². The van der Waals surface area contributed by atoms with Crippen LogP contribution in [0.1, 0.15) is 49.9 Å². The molecule has 194 valence electrons. The van der Waals surface area contributed by atoms with Crippen LogP contribution in [0.15, 0.2) is 43.1 Å². The van der Waals surface area contributed by atoms with Gasteiger partial charge in [0, 0.05) is 25.0 Å². The zero-order valence-corrected chi connectivity index (χ0v) is 21.6. The molecule has 0 radical (unpaired) electrons. The van der Waals surface area contributed by atoms with Crippen LogP contribution in [-0.2, 0) is 27.2 Å². The van der Waals surface area contributed by atoms with Crippen LogP contribution in [-0.4, -0.2) is 50.7 Å². The van der Waals surface area contributed by atoms with Gasteiger partial charge in [-0.3, -0.25) is 9.59 Å². The minimum absolute atomic E-state index is 0.119. The number of aromatic hydroxyl groups is 1. The van der Waals surface area contributed by atoms with E-state index in [1.807, 2.05) is 13.8 Å². The summed E-state index contributed by atoms with van der Waals surface area (Å²) in [5, 5.41) is 17.7. The third-order valence-corrected chi connectivity index (χ3v) is 5.16. The number of benzene rings is 1. The fourth-order valence-corrected chi connectivity index (χ4v) is 3.43. The Hall–Kier alpha value is -3.95. The van der Waals surface area contributed by atoms with Gasteiger partial charge in [-0.15, -0.1) is 0 Å². The van der Waals surface area contributed by atoms with E-state index in [-0.39, 0.29) is 12.2 Å². The molecule has 0 saturated heterocycles. The maximum atomic E-state index is 13.1. The van der Waals surface area contributed by atoms with E-state index in [0.717, 1.165) is 22.3 Å². The normalized spacial score (nSPS) is 13.1. The Balaban J connectivity index is 2.07. The summed E-state index contributed by atoms with van der Waals surface area (Å²) in [6, 6.07) is 1.31. The first-order chi connectivity index (χ1) is 16.9.